The van der Waals surface area contributed by atoms with Crippen LogP contribution in [0.5, 0.6) is 0 Å². The summed E-state index contributed by atoms with van der Waals surface area (Å²) in [7, 11) is 1.35. The molecule has 1 rings (SSSR count). The van der Waals surface area contributed by atoms with Crippen LogP contribution in [-0.2, 0) is 14.3 Å². The molecule has 4 heteroatoms. The number of rotatable bonds is 2. The molecule has 92 valence electrons. The minimum atomic E-state index is -0.879. The number of ether oxygens (including phenoxy) is 1. The van der Waals surface area contributed by atoms with Crippen LogP contribution >= 0.6 is 0 Å². The molecule has 0 spiro atoms. The molecule has 0 amide bonds. The van der Waals surface area contributed by atoms with Crippen LogP contribution in [-0.4, -0.2) is 24.2 Å². The van der Waals surface area contributed by atoms with Gasteiger partial charge < -0.3 is 9.84 Å². The second-order valence-electron chi connectivity index (χ2n) is 5.59. The second-order valence-corrected chi connectivity index (χ2v) is 5.59. The Hall–Kier alpha value is -1.06. The van der Waals surface area contributed by atoms with E-state index < -0.39 is 22.2 Å². The Morgan fingerprint density at radius 3 is 1.81 bits per heavy atom. The fourth-order valence-electron chi connectivity index (χ4n) is 2.69. The van der Waals surface area contributed by atoms with Crippen molar-refractivity contribution in [2.75, 3.05) is 7.11 Å². The quantitative estimate of drug-likeness (QED) is 0.735. The van der Waals surface area contributed by atoms with Crippen LogP contribution in [0.1, 0.15) is 40.5 Å². The molecule has 0 saturated heterocycles. The number of carbonyl (C=O) groups excluding carboxylic acids is 1. The Labute approximate surface area is 96.0 Å². The number of hydrogen-bond donors (Lipinski definition) is 1. The molecule has 0 aromatic heterocycles. The summed E-state index contributed by atoms with van der Waals surface area (Å²) in [6, 6.07) is 0. The largest absolute Gasteiger partial charge is 0.481 e. The van der Waals surface area contributed by atoms with E-state index in [0.29, 0.717) is 12.8 Å². The van der Waals surface area contributed by atoms with E-state index in [1.54, 1.807) is 13.8 Å². The molecule has 0 heterocycles. The molecule has 0 radical (unpaired) electrons. The number of carboxylic acids is 1. The van der Waals surface area contributed by atoms with Crippen molar-refractivity contribution in [3.8, 4) is 0 Å². The fraction of sp³-hybridized carbons (Fsp3) is 0.833. The fourth-order valence-corrected chi connectivity index (χ4v) is 2.69. The lowest BCUT2D eigenvalue weighted by Crippen LogP contribution is -2.48. The zero-order valence-corrected chi connectivity index (χ0v) is 10.6. The molecule has 0 bridgehead atoms. The average molecular weight is 228 g/mol. The van der Waals surface area contributed by atoms with E-state index in [9.17, 15) is 14.7 Å². The Morgan fingerprint density at radius 2 is 1.50 bits per heavy atom. The third-order valence-corrected chi connectivity index (χ3v) is 4.99. The Kier molecular flexibility index (Phi) is 2.82. The van der Waals surface area contributed by atoms with Crippen LogP contribution < -0.4 is 0 Å². The van der Waals surface area contributed by atoms with E-state index in [-0.39, 0.29) is 5.97 Å². The summed E-state index contributed by atoms with van der Waals surface area (Å²) in [6.45, 7) is 7.19. The van der Waals surface area contributed by atoms with Gasteiger partial charge in [0.05, 0.1) is 17.9 Å². The third-order valence-electron chi connectivity index (χ3n) is 4.99. The molecule has 16 heavy (non-hydrogen) atoms. The first kappa shape index (κ1) is 13.0. The Bertz CT molecular complexity index is 334. The molecule has 0 aliphatic heterocycles. The predicted molar refractivity (Wildman–Crippen MR) is 58.9 cm³/mol. The minimum Gasteiger partial charge on any atom is -0.481 e. The van der Waals surface area contributed by atoms with Crippen LogP contribution in [0.3, 0.4) is 0 Å². The topological polar surface area (TPSA) is 63.6 Å². The average Bonchev–Trinajstić information content (AvgIpc) is 2.40. The smallest absolute Gasteiger partial charge is 0.312 e. The molecule has 1 aliphatic carbocycles. The molecule has 4 nitrogen and oxygen atoms in total. The van der Waals surface area contributed by atoms with Crippen LogP contribution in [0.15, 0.2) is 0 Å². The van der Waals surface area contributed by atoms with E-state index in [4.69, 9.17) is 4.74 Å². The number of carboxylic acid groups (broad SMARTS) is 1. The van der Waals surface area contributed by atoms with Crippen molar-refractivity contribution in [1.29, 1.82) is 0 Å². The second kappa shape index (κ2) is 3.47. The summed E-state index contributed by atoms with van der Waals surface area (Å²) in [5, 5.41) is 9.34. The highest BCUT2D eigenvalue weighted by Gasteiger charge is 2.65. The third kappa shape index (κ3) is 1.28. The maximum Gasteiger partial charge on any atom is 0.312 e. The summed E-state index contributed by atoms with van der Waals surface area (Å²) >= 11 is 0. The molecule has 0 aromatic carbocycles. The van der Waals surface area contributed by atoms with Crippen molar-refractivity contribution in [2.45, 2.75) is 40.5 Å². The first-order chi connectivity index (χ1) is 7.13. The SMILES string of the molecule is COC(=O)[C@@]1(C)CC[C@](C)(C(=O)O)C1(C)C. The lowest BCUT2D eigenvalue weighted by molar-refractivity contribution is -0.167. The summed E-state index contributed by atoms with van der Waals surface area (Å²) in [4.78, 5) is 23.2. The van der Waals surface area contributed by atoms with Gasteiger partial charge in [-0.05, 0) is 32.1 Å². The van der Waals surface area contributed by atoms with E-state index >= 15 is 0 Å². The Morgan fingerprint density at radius 1 is 1.06 bits per heavy atom. The van der Waals surface area contributed by atoms with Gasteiger partial charge in [0.1, 0.15) is 0 Å². The van der Waals surface area contributed by atoms with Crippen molar-refractivity contribution >= 4 is 11.9 Å². The lowest BCUT2D eigenvalue weighted by Gasteiger charge is -2.43. The molecule has 2 atom stereocenters. The highest BCUT2D eigenvalue weighted by molar-refractivity contribution is 5.83. The van der Waals surface area contributed by atoms with Crippen LogP contribution in [0.25, 0.3) is 0 Å². The molecular weight excluding hydrogens is 208 g/mol. The van der Waals surface area contributed by atoms with E-state index in [2.05, 4.69) is 0 Å². The zero-order valence-electron chi connectivity index (χ0n) is 10.6. The summed E-state index contributed by atoms with van der Waals surface area (Å²) in [5.74, 6) is -1.16. The number of methoxy groups -OCH3 is 1. The Balaban J connectivity index is 3.24. The van der Waals surface area contributed by atoms with Gasteiger partial charge in [-0.15, -0.1) is 0 Å². The number of esters is 1. The van der Waals surface area contributed by atoms with E-state index in [0.717, 1.165) is 0 Å². The van der Waals surface area contributed by atoms with Gasteiger partial charge in [0.25, 0.3) is 0 Å². The van der Waals surface area contributed by atoms with Gasteiger partial charge in [-0.25, -0.2) is 0 Å². The summed E-state index contributed by atoms with van der Waals surface area (Å²) in [5.41, 5.74) is -2.23. The molecule has 1 saturated carbocycles. The first-order valence-corrected chi connectivity index (χ1v) is 5.45. The standard InChI is InChI=1S/C12H20O4/c1-10(2)11(3,8(13)14)6-7-12(10,4)9(15)16-5/h6-7H2,1-5H3,(H,13,14)/t11-,12-/m1/s1. The highest BCUT2D eigenvalue weighted by Crippen LogP contribution is 2.63. The van der Waals surface area contributed by atoms with Gasteiger partial charge in [0.2, 0.25) is 0 Å². The van der Waals surface area contributed by atoms with Crippen LogP contribution in [0.4, 0.5) is 0 Å². The molecular formula is C12H20O4. The molecule has 0 unspecified atom stereocenters. The summed E-state index contributed by atoms with van der Waals surface area (Å²) in [6.07, 6.45) is 1.05. The highest BCUT2D eigenvalue weighted by atomic mass is 16.5. The van der Waals surface area contributed by atoms with Crippen molar-refractivity contribution in [2.24, 2.45) is 16.2 Å². The summed E-state index contributed by atoms with van der Waals surface area (Å²) < 4.78 is 4.81. The van der Waals surface area contributed by atoms with Gasteiger partial charge in [-0.3, -0.25) is 9.59 Å². The predicted octanol–water partition coefficient (Wildman–Crippen LogP) is 2.08. The number of aliphatic carboxylic acids is 1. The van der Waals surface area contributed by atoms with Gasteiger partial charge in [-0.2, -0.15) is 0 Å². The van der Waals surface area contributed by atoms with E-state index in [1.165, 1.54) is 7.11 Å². The lowest BCUT2D eigenvalue weighted by atomic mass is 9.59. The van der Waals surface area contributed by atoms with Crippen LogP contribution in [0, 0.1) is 16.2 Å². The monoisotopic (exact) mass is 228 g/mol. The minimum absolute atomic E-state index is 0.317. The first-order valence-electron chi connectivity index (χ1n) is 5.45. The zero-order chi connectivity index (χ0) is 12.8. The van der Waals surface area contributed by atoms with Gasteiger partial charge in [0.15, 0.2) is 0 Å². The maximum absolute atomic E-state index is 11.8. The molecule has 0 aromatic rings. The van der Waals surface area contributed by atoms with Gasteiger partial charge >= 0.3 is 11.9 Å². The van der Waals surface area contributed by atoms with Gasteiger partial charge in [-0.1, -0.05) is 13.8 Å². The van der Waals surface area contributed by atoms with Crippen molar-refractivity contribution in [3.63, 3.8) is 0 Å². The molecule has 1 N–H and O–H groups in total. The van der Waals surface area contributed by atoms with E-state index in [1.807, 2.05) is 13.8 Å². The number of carbonyl (C=O) groups is 2. The number of hydrogen-bond acceptors (Lipinski definition) is 3. The van der Waals surface area contributed by atoms with Crippen molar-refractivity contribution in [1.82, 2.24) is 0 Å². The maximum atomic E-state index is 11.8. The van der Waals surface area contributed by atoms with Gasteiger partial charge in [0, 0.05) is 0 Å². The molecule has 1 aliphatic rings. The van der Waals surface area contributed by atoms with Crippen LogP contribution in [0.2, 0.25) is 0 Å². The van der Waals surface area contributed by atoms with Crippen molar-refractivity contribution < 1.29 is 19.4 Å². The molecule has 1 fully saturated rings. The normalized spacial score (nSPS) is 37.1. The van der Waals surface area contributed by atoms with Crippen molar-refractivity contribution in [3.05, 3.63) is 0 Å².